The number of rotatable bonds is 6. The number of carbonyl (C=O) groups excluding carboxylic acids is 1. The molecule has 168 valence electrons. The van der Waals surface area contributed by atoms with Crippen LogP contribution in [0.4, 0.5) is 11.5 Å². The number of pyridine rings is 1. The number of piperidine rings is 1. The highest BCUT2D eigenvalue weighted by atomic mass is 16.5. The summed E-state index contributed by atoms with van der Waals surface area (Å²) < 4.78 is 5.33. The number of anilines is 2. The molecular formula is C25H31N5O2. The number of nitrogens with one attached hydrogen (secondary N) is 1. The first-order chi connectivity index (χ1) is 15.6. The fraction of sp³-hybridized carbons (Fsp3) is 0.360. The number of carbonyl (C=O) groups is 1. The van der Waals surface area contributed by atoms with E-state index in [0.29, 0.717) is 12.3 Å². The molecule has 7 nitrogen and oxygen atoms in total. The molecule has 1 unspecified atom stereocenters. The van der Waals surface area contributed by atoms with Gasteiger partial charge in [-0.1, -0.05) is 13.0 Å². The molecule has 4 rings (SSSR count). The van der Waals surface area contributed by atoms with Gasteiger partial charge in [0.25, 0.3) is 0 Å². The summed E-state index contributed by atoms with van der Waals surface area (Å²) in [5.41, 5.74) is 2.81. The van der Waals surface area contributed by atoms with Gasteiger partial charge in [0.1, 0.15) is 23.7 Å². The third-order valence-corrected chi connectivity index (χ3v) is 5.20. The van der Waals surface area contributed by atoms with Gasteiger partial charge in [-0.15, -0.1) is 0 Å². The standard InChI is InChI=1S/C22H25N5O.C3H6O/c1-27-11-5-7-17(15-27)22-25-20(16-6-4-10-23-14-16)13-21(26-22)24-18-8-3-9-19(12-18)28-2;1-2-3-4/h3-4,6,8-10,12-14,17H,5,7,11,15H2,1-2H3,(H,24,25,26);3H,2H2,1H3. The second-order valence-electron chi connectivity index (χ2n) is 7.77. The molecule has 0 radical (unpaired) electrons. The Morgan fingerprint density at radius 2 is 2.06 bits per heavy atom. The van der Waals surface area contributed by atoms with E-state index in [1.165, 1.54) is 6.42 Å². The van der Waals surface area contributed by atoms with Crippen molar-refractivity contribution in [3.05, 3.63) is 60.7 Å². The molecule has 1 N–H and O–H groups in total. The lowest BCUT2D eigenvalue weighted by Gasteiger charge is -2.29. The molecule has 32 heavy (non-hydrogen) atoms. The van der Waals surface area contributed by atoms with E-state index < -0.39 is 0 Å². The van der Waals surface area contributed by atoms with Crippen LogP contribution in [0, 0.1) is 0 Å². The number of methoxy groups -OCH3 is 1. The number of ether oxygens (including phenoxy) is 1. The van der Waals surface area contributed by atoms with Gasteiger partial charge in [-0.3, -0.25) is 4.98 Å². The predicted octanol–water partition coefficient (Wildman–Crippen LogP) is 4.70. The van der Waals surface area contributed by atoms with E-state index in [1.807, 2.05) is 55.6 Å². The lowest BCUT2D eigenvalue weighted by atomic mass is 9.97. The molecule has 3 aromatic rings. The SMILES string of the molecule is CCC=O.COc1cccc(Nc2cc(-c3cccnc3)nc(C3CCCN(C)C3)n2)c1. The van der Waals surface area contributed by atoms with Crippen LogP contribution in [0.5, 0.6) is 5.75 Å². The zero-order chi connectivity index (χ0) is 22.8. The van der Waals surface area contributed by atoms with Gasteiger partial charge in [0.2, 0.25) is 0 Å². The summed E-state index contributed by atoms with van der Waals surface area (Å²) >= 11 is 0. The first-order valence-corrected chi connectivity index (χ1v) is 11.0. The van der Waals surface area contributed by atoms with Gasteiger partial charge in [-0.2, -0.15) is 0 Å². The highest BCUT2D eigenvalue weighted by Gasteiger charge is 2.22. The molecule has 2 aromatic heterocycles. The summed E-state index contributed by atoms with van der Waals surface area (Å²) in [6, 6.07) is 13.8. The number of hydrogen-bond donors (Lipinski definition) is 1. The third-order valence-electron chi connectivity index (χ3n) is 5.20. The van der Waals surface area contributed by atoms with Gasteiger partial charge >= 0.3 is 0 Å². The maximum Gasteiger partial charge on any atom is 0.135 e. The minimum atomic E-state index is 0.334. The molecule has 1 aromatic carbocycles. The van der Waals surface area contributed by atoms with E-state index in [9.17, 15) is 4.79 Å². The number of benzene rings is 1. The quantitative estimate of drug-likeness (QED) is 0.565. The van der Waals surface area contributed by atoms with Crippen LogP contribution >= 0.6 is 0 Å². The van der Waals surface area contributed by atoms with Gasteiger partial charge in [0.15, 0.2) is 0 Å². The number of nitrogens with zero attached hydrogens (tertiary/aromatic N) is 4. The minimum Gasteiger partial charge on any atom is -0.497 e. The smallest absolute Gasteiger partial charge is 0.135 e. The molecule has 3 heterocycles. The zero-order valence-electron chi connectivity index (χ0n) is 19.0. The largest absolute Gasteiger partial charge is 0.497 e. The zero-order valence-corrected chi connectivity index (χ0v) is 19.0. The van der Waals surface area contributed by atoms with Crippen molar-refractivity contribution in [3.8, 4) is 17.0 Å². The molecule has 0 saturated carbocycles. The van der Waals surface area contributed by atoms with Crippen LogP contribution < -0.4 is 10.1 Å². The predicted molar refractivity (Wildman–Crippen MR) is 127 cm³/mol. The van der Waals surface area contributed by atoms with Crippen LogP contribution in [0.15, 0.2) is 54.9 Å². The monoisotopic (exact) mass is 433 g/mol. The maximum atomic E-state index is 9.17. The van der Waals surface area contributed by atoms with Crippen LogP contribution in [0.1, 0.15) is 37.9 Å². The van der Waals surface area contributed by atoms with E-state index in [-0.39, 0.29) is 0 Å². The Labute approximate surface area is 189 Å². The van der Waals surface area contributed by atoms with E-state index in [1.54, 1.807) is 13.3 Å². The van der Waals surface area contributed by atoms with Gasteiger partial charge in [-0.25, -0.2) is 9.97 Å². The van der Waals surface area contributed by atoms with Crippen molar-refractivity contribution < 1.29 is 9.53 Å². The second kappa shape index (κ2) is 11.9. The normalized spacial score (nSPS) is 15.9. The van der Waals surface area contributed by atoms with Crippen LogP contribution in [-0.4, -0.2) is 53.4 Å². The molecule has 0 spiro atoms. The molecule has 0 aliphatic carbocycles. The molecule has 1 saturated heterocycles. The first kappa shape index (κ1) is 23.3. The minimum absolute atomic E-state index is 0.334. The summed E-state index contributed by atoms with van der Waals surface area (Å²) in [4.78, 5) is 25.5. The van der Waals surface area contributed by atoms with Crippen LogP contribution in [0.2, 0.25) is 0 Å². The summed E-state index contributed by atoms with van der Waals surface area (Å²) in [5.74, 6) is 2.81. The van der Waals surface area contributed by atoms with E-state index in [2.05, 4.69) is 22.2 Å². The van der Waals surface area contributed by atoms with Crippen LogP contribution in [0.3, 0.4) is 0 Å². The molecule has 1 fully saturated rings. The number of hydrogen-bond acceptors (Lipinski definition) is 7. The van der Waals surface area contributed by atoms with Crippen molar-refractivity contribution in [2.75, 3.05) is 32.6 Å². The summed E-state index contributed by atoms with van der Waals surface area (Å²) in [5, 5.41) is 3.41. The molecule has 1 aliphatic heterocycles. The number of aromatic nitrogens is 3. The van der Waals surface area contributed by atoms with Gasteiger partial charge in [0, 0.05) is 54.7 Å². The Balaban J connectivity index is 0.000000668. The highest BCUT2D eigenvalue weighted by molar-refractivity contribution is 5.65. The average Bonchev–Trinajstić information content (AvgIpc) is 2.84. The lowest BCUT2D eigenvalue weighted by Crippen LogP contribution is -2.31. The number of aldehydes is 1. The summed E-state index contributed by atoms with van der Waals surface area (Å²) in [6.45, 7) is 3.93. The van der Waals surface area contributed by atoms with E-state index in [4.69, 9.17) is 14.7 Å². The van der Waals surface area contributed by atoms with E-state index >= 15 is 0 Å². The Hall–Kier alpha value is -3.32. The van der Waals surface area contributed by atoms with Gasteiger partial charge in [0.05, 0.1) is 12.8 Å². The lowest BCUT2D eigenvalue weighted by molar-refractivity contribution is -0.107. The first-order valence-electron chi connectivity index (χ1n) is 11.0. The molecule has 1 atom stereocenters. The third kappa shape index (κ3) is 6.59. The Bertz CT molecular complexity index is 997. The van der Waals surface area contributed by atoms with Crippen molar-refractivity contribution >= 4 is 17.8 Å². The highest BCUT2D eigenvalue weighted by Crippen LogP contribution is 2.29. The topological polar surface area (TPSA) is 80.2 Å². The van der Waals surface area contributed by atoms with E-state index in [0.717, 1.165) is 60.1 Å². The van der Waals surface area contributed by atoms with Gasteiger partial charge < -0.3 is 19.7 Å². The Morgan fingerprint density at radius 1 is 1.22 bits per heavy atom. The molecular weight excluding hydrogens is 402 g/mol. The molecule has 7 heteroatoms. The van der Waals surface area contributed by atoms with Crippen molar-refractivity contribution in [3.63, 3.8) is 0 Å². The van der Waals surface area contributed by atoms with Gasteiger partial charge in [-0.05, 0) is 50.7 Å². The molecule has 0 amide bonds. The molecule has 1 aliphatic rings. The fourth-order valence-electron chi connectivity index (χ4n) is 3.60. The fourth-order valence-corrected chi connectivity index (χ4v) is 3.60. The number of likely N-dealkylation sites (N-methyl/N-ethyl adjacent to an activating group) is 1. The van der Waals surface area contributed by atoms with Crippen LogP contribution in [-0.2, 0) is 4.79 Å². The van der Waals surface area contributed by atoms with Crippen molar-refractivity contribution in [1.82, 2.24) is 19.9 Å². The summed E-state index contributed by atoms with van der Waals surface area (Å²) in [7, 11) is 3.83. The van der Waals surface area contributed by atoms with Crippen molar-refractivity contribution in [2.45, 2.75) is 32.1 Å². The Morgan fingerprint density at radius 3 is 2.75 bits per heavy atom. The summed E-state index contributed by atoms with van der Waals surface area (Å²) in [6.07, 6.45) is 7.41. The molecule has 0 bridgehead atoms. The second-order valence-corrected chi connectivity index (χ2v) is 7.77. The van der Waals surface area contributed by atoms with Crippen molar-refractivity contribution in [2.24, 2.45) is 0 Å². The maximum absolute atomic E-state index is 9.17. The number of likely N-dealkylation sites (tertiary alicyclic amines) is 1. The van der Waals surface area contributed by atoms with Crippen LogP contribution in [0.25, 0.3) is 11.3 Å². The average molecular weight is 434 g/mol. The van der Waals surface area contributed by atoms with Crippen molar-refractivity contribution in [1.29, 1.82) is 0 Å². The Kier molecular flexibility index (Phi) is 8.69.